The third-order valence-corrected chi connectivity index (χ3v) is 5.29. The molecule has 0 aliphatic heterocycles. The number of aromatic nitrogens is 5. The normalized spacial score (nSPS) is 11.8. The number of H-pyrrole nitrogens is 1. The van der Waals surface area contributed by atoms with Gasteiger partial charge in [0.25, 0.3) is 5.91 Å². The molecule has 2 N–H and O–H groups in total. The minimum absolute atomic E-state index is 0.0733. The van der Waals surface area contributed by atoms with E-state index in [1.807, 2.05) is 36.0 Å². The summed E-state index contributed by atoms with van der Waals surface area (Å²) in [5, 5.41) is 13.9. The van der Waals surface area contributed by atoms with Gasteiger partial charge in [0, 0.05) is 41.5 Å². The van der Waals surface area contributed by atoms with Crippen molar-refractivity contribution in [3.05, 3.63) is 90.0 Å². The first kappa shape index (κ1) is 20.6. The maximum atomic E-state index is 13.0. The van der Waals surface area contributed by atoms with Gasteiger partial charge in [-0.2, -0.15) is 23.4 Å². The lowest BCUT2D eigenvalue weighted by Crippen LogP contribution is -2.14. The summed E-state index contributed by atoms with van der Waals surface area (Å²) in [5.41, 5.74) is 3.65. The summed E-state index contributed by atoms with van der Waals surface area (Å²) in [6.45, 7) is 1.93. The molecule has 7 nitrogen and oxygen atoms in total. The van der Waals surface area contributed by atoms with Crippen LogP contribution in [0, 0.1) is 6.92 Å². The highest BCUT2D eigenvalue weighted by Gasteiger charge is 2.30. The van der Waals surface area contributed by atoms with Crippen molar-refractivity contribution < 1.29 is 18.0 Å². The molecule has 0 spiro atoms. The van der Waals surface area contributed by atoms with Crippen LogP contribution in [0.5, 0.6) is 0 Å². The highest BCUT2D eigenvalue weighted by Crippen LogP contribution is 2.30. The summed E-state index contributed by atoms with van der Waals surface area (Å²) in [6, 6.07) is 11.6. The Morgan fingerprint density at radius 1 is 1.09 bits per heavy atom. The van der Waals surface area contributed by atoms with Crippen molar-refractivity contribution in [2.75, 3.05) is 5.32 Å². The predicted molar refractivity (Wildman–Crippen MR) is 116 cm³/mol. The highest BCUT2D eigenvalue weighted by atomic mass is 19.4. The number of aromatic amines is 1. The Balaban J connectivity index is 1.46. The number of benzene rings is 2. The van der Waals surface area contributed by atoms with E-state index in [1.54, 1.807) is 29.0 Å². The molecule has 0 aliphatic rings. The number of carbonyl (C=O) groups is 1. The molecule has 10 heteroatoms. The summed E-state index contributed by atoms with van der Waals surface area (Å²) in [7, 11) is 0. The molecule has 0 atom stereocenters. The molecule has 0 fully saturated rings. The van der Waals surface area contributed by atoms with E-state index < -0.39 is 17.6 Å². The van der Waals surface area contributed by atoms with Crippen molar-refractivity contribution in [3.8, 4) is 16.9 Å². The zero-order valence-electron chi connectivity index (χ0n) is 17.3. The number of anilines is 1. The molecular weight excluding hydrogens is 433 g/mol. The molecule has 2 aromatic carbocycles. The van der Waals surface area contributed by atoms with Crippen molar-refractivity contribution in [3.63, 3.8) is 0 Å². The van der Waals surface area contributed by atoms with Gasteiger partial charge in [-0.25, -0.2) is 4.52 Å². The van der Waals surface area contributed by atoms with Crippen molar-refractivity contribution in [2.24, 2.45) is 0 Å². The van der Waals surface area contributed by atoms with E-state index >= 15 is 0 Å². The van der Waals surface area contributed by atoms with E-state index in [9.17, 15) is 18.0 Å². The first-order valence-electron chi connectivity index (χ1n) is 9.95. The Hall–Kier alpha value is -4.34. The minimum Gasteiger partial charge on any atom is -0.322 e. The second-order valence-electron chi connectivity index (χ2n) is 7.52. The van der Waals surface area contributed by atoms with Crippen molar-refractivity contribution in [1.29, 1.82) is 0 Å². The van der Waals surface area contributed by atoms with Crippen LogP contribution in [0.1, 0.15) is 21.5 Å². The summed E-state index contributed by atoms with van der Waals surface area (Å²) in [6.07, 6.45) is 2.57. The predicted octanol–water partition coefficient (Wildman–Crippen LogP) is 5.09. The highest BCUT2D eigenvalue weighted by molar-refractivity contribution is 6.04. The van der Waals surface area contributed by atoms with Crippen LogP contribution in [-0.4, -0.2) is 30.3 Å². The fraction of sp³-hybridized carbons (Fsp3) is 0.0870. The van der Waals surface area contributed by atoms with Crippen LogP contribution in [0.4, 0.5) is 18.9 Å². The molecule has 5 aromatic rings. The number of aryl methyl sites for hydroxylation is 1. The molecule has 0 bridgehead atoms. The van der Waals surface area contributed by atoms with Gasteiger partial charge >= 0.3 is 6.18 Å². The second-order valence-corrected chi connectivity index (χ2v) is 7.52. The minimum atomic E-state index is -4.52. The fourth-order valence-corrected chi connectivity index (χ4v) is 3.60. The quantitative estimate of drug-likeness (QED) is 0.400. The van der Waals surface area contributed by atoms with E-state index in [1.165, 1.54) is 12.1 Å². The number of hydrogen-bond acceptors (Lipinski definition) is 3. The van der Waals surface area contributed by atoms with Gasteiger partial charge in [-0.1, -0.05) is 12.1 Å². The SMILES string of the molecule is Cc1ccc(NC(=O)c2cccc(C(F)(F)F)c2)cc1-n1ccn2nc(-c3cn[nH]c3)cc12. The van der Waals surface area contributed by atoms with E-state index in [0.717, 1.165) is 40.3 Å². The molecule has 0 aliphatic carbocycles. The first-order chi connectivity index (χ1) is 15.8. The number of nitrogens with zero attached hydrogens (tertiary/aromatic N) is 4. The summed E-state index contributed by atoms with van der Waals surface area (Å²) in [4.78, 5) is 12.6. The fourth-order valence-electron chi connectivity index (χ4n) is 3.60. The molecular formula is C23H17F3N6O. The van der Waals surface area contributed by atoms with E-state index in [4.69, 9.17) is 0 Å². The monoisotopic (exact) mass is 450 g/mol. The van der Waals surface area contributed by atoms with Gasteiger partial charge in [-0.05, 0) is 42.8 Å². The van der Waals surface area contributed by atoms with Crippen molar-refractivity contribution >= 4 is 17.2 Å². The van der Waals surface area contributed by atoms with Crippen molar-refractivity contribution in [2.45, 2.75) is 13.1 Å². The van der Waals surface area contributed by atoms with Gasteiger partial charge in [0.05, 0.1) is 23.1 Å². The number of hydrogen-bond donors (Lipinski definition) is 2. The zero-order chi connectivity index (χ0) is 23.2. The van der Waals surface area contributed by atoms with Gasteiger partial charge in [0.1, 0.15) is 5.65 Å². The van der Waals surface area contributed by atoms with Gasteiger partial charge in [0.2, 0.25) is 0 Å². The lowest BCUT2D eigenvalue weighted by atomic mass is 10.1. The van der Waals surface area contributed by atoms with Gasteiger partial charge in [-0.3, -0.25) is 14.5 Å². The molecule has 0 saturated heterocycles. The molecule has 166 valence electrons. The first-order valence-corrected chi connectivity index (χ1v) is 9.95. The molecule has 0 radical (unpaired) electrons. The number of halogens is 3. The molecule has 1 amide bonds. The Labute approximate surface area is 185 Å². The van der Waals surface area contributed by atoms with Crippen LogP contribution in [0.3, 0.4) is 0 Å². The van der Waals surface area contributed by atoms with Crippen LogP contribution in [0.2, 0.25) is 0 Å². The number of fused-ring (bicyclic) bond motifs is 1. The smallest absolute Gasteiger partial charge is 0.322 e. The van der Waals surface area contributed by atoms with Gasteiger partial charge in [-0.15, -0.1) is 0 Å². The Kier molecular flexibility index (Phi) is 4.77. The maximum absolute atomic E-state index is 13.0. The summed E-state index contributed by atoms with van der Waals surface area (Å²) < 4.78 is 42.6. The standard InChI is InChI=1S/C23H17F3N6O/c1-14-5-6-18(29-22(33)15-3-2-4-17(9-15)23(24,25)26)10-20(14)31-7-8-32-21(31)11-19(30-32)16-12-27-28-13-16/h2-13H,1H3,(H,27,28)(H,29,33). The Bertz CT molecular complexity index is 1460. The van der Waals surface area contributed by atoms with Crippen LogP contribution >= 0.6 is 0 Å². The lowest BCUT2D eigenvalue weighted by Gasteiger charge is -2.12. The summed E-state index contributed by atoms with van der Waals surface area (Å²) in [5.74, 6) is -0.625. The molecule has 33 heavy (non-hydrogen) atoms. The van der Waals surface area contributed by atoms with Gasteiger partial charge < -0.3 is 5.32 Å². The lowest BCUT2D eigenvalue weighted by molar-refractivity contribution is -0.137. The van der Waals surface area contributed by atoms with Crippen LogP contribution in [-0.2, 0) is 6.18 Å². The Morgan fingerprint density at radius 3 is 2.70 bits per heavy atom. The third-order valence-electron chi connectivity index (χ3n) is 5.29. The molecule has 3 aromatic heterocycles. The number of rotatable bonds is 4. The largest absolute Gasteiger partial charge is 0.416 e. The number of amides is 1. The zero-order valence-corrected chi connectivity index (χ0v) is 17.3. The van der Waals surface area contributed by atoms with E-state index in [2.05, 4.69) is 20.6 Å². The van der Waals surface area contributed by atoms with Crippen LogP contribution in [0.15, 0.2) is 73.3 Å². The maximum Gasteiger partial charge on any atom is 0.416 e. The number of carbonyl (C=O) groups excluding carboxylic acids is 1. The topological polar surface area (TPSA) is 80.0 Å². The molecule has 5 rings (SSSR count). The van der Waals surface area contributed by atoms with E-state index in [-0.39, 0.29) is 5.56 Å². The number of alkyl halides is 3. The van der Waals surface area contributed by atoms with Crippen LogP contribution < -0.4 is 5.32 Å². The number of nitrogens with one attached hydrogen (secondary N) is 2. The van der Waals surface area contributed by atoms with Crippen LogP contribution in [0.25, 0.3) is 22.6 Å². The second kappa shape index (κ2) is 7.66. The average molecular weight is 450 g/mol. The van der Waals surface area contributed by atoms with Gasteiger partial charge in [0.15, 0.2) is 0 Å². The van der Waals surface area contributed by atoms with E-state index in [0.29, 0.717) is 5.69 Å². The average Bonchev–Trinajstić information content (AvgIpc) is 3.52. The number of imidazole rings is 1. The summed E-state index contributed by atoms with van der Waals surface area (Å²) >= 11 is 0. The third kappa shape index (κ3) is 3.86. The van der Waals surface area contributed by atoms with Crippen molar-refractivity contribution in [1.82, 2.24) is 24.4 Å². The Morgan fingerprint density at radius 2 is 1.94 bits per heavy atom. The molecule has 0 saturated carbocycles. The molecule has 0 unspecified atom stereocenters. The molecule has 3 heterocycles.